The van der Waals surface area contributed by atoms with E-state index in [2.05, 4.69) is 23.6 Å². The van der Waals surface area contributed by atoms with Gasteiger partial charge in [0, 0.05) is 37.6 Å². The highest BCUT2D eigenvalue weighted by molar-refractivity contribution is 5.49. The van der Waals surface area contributed by atoms with Crippen molar-refractivity contribution < 1.29 is 8.78 Å². The Hall–Kier alpha value is -2.10. The molecule has 0 radical (unpaired) electrons. The molecule has 2 nitrogen and oxygen atoms in total. The molecule has 0 amide bonds. The van der Waals surface area contributed by atoms with E-state index < -0.39 is 0 Å². The average molecular weight is 332 g/mol. The minimum absolute atomic E-state index is 0.214. The van der Waals surface area contributed by atoms with Crippen LogP contribution < -0.4 is 9.80 Å². The zero-order valence-corrected chi connectivity index (χ0v) is 14.5. The van der Waals surface area contributed by atoms with Crippen LogP contribution in [0.2, 0.25) is 0 Å². The molecule has 0 heterocycles. The van der Waals surface area contributed by atoms with Crippen molar-refractivity contribution in [3.05, 3.63) is 60.2 Å². The highest BCUT2D eigenvalue weighted by Crippen LogP contribution is 2.18. The second kappa shape index (κ2) is 9.26. The second-order valence-electron chi connectivity index (χ2n) is 5.93. The van der Waals surface area contributed by atoms with Crippen LogP contribution in [0.1, 0.15) is 26.7 Å². The molecular formula is C20H26F2N2. The number of nitrogens with zero attached hydrogens (tertiary/aromatic N) is 2. The highest BCUT2D eigenvalue weighted by Gasteiger charge is 2.10. The molecule has 0 N–H and O–H groups in total. The van der Waals surface area contributed by atoms with Crippen molar-refractivity contribution in [3.63, 3.8) is 0 Å². The van der Waals surface area contributed by atoms with Crippen LogP contribution in [0.25, 0.3) is 0 Å². The summed E-state index contributed by atoms with van der Waals surface area (Å²) in [6, 6.07) is 13.3. The van der Waals surface area contributed by atoms with Crippen LogP contribution in [0, 0.1) is 11.6 Å². The lowest BCUT2D eigenvalue weighted by Gasteiger charge is -2.30. The van der Waals surface area contributed by atoms with Crippen LogP contribution >= 0.6 is 0 Å². The van der Waals surface area contributed by atoms with Crippen LogP contribution in [0.15, 0.2) is 48.5 Å². The van der Waals surface area contributed by atoms with E-state index in [1.165, 1.54) is 24.3 Å². The van der Waals surface area contributed by atoms with Crippen molar-refractivity contribution in [1.82, 2.24) is 0 Å². The predicted octanol–water partition coefficient (Wildman–Crippen LogP) is 5.10. The topological polar surface area (TPSA) is 6.48 Å². The van der Waals surface area contributed by atoms with E-state index in [4.69, 9.17) is 0 Å². The van der Waals surface area contributed by atoms with Crippen LogP contribution in [-0.4, -0.2) is 26.2 Å². The predicted molar refractivity (Wildman–Crippen MR) is 97.8 cm³/mol. The van der Waals surface area contributed by atoms with Gasteiger partial charge in [0.1, 0.15) is 11.6 Å². The van der Waals surface area contributed by atoms with Gasteiger partial charge in [-0.05, 0) is 61.4 Å². The fraction of sp³-hybridized carbons (Fsp3) is 0.400. The Morgan fingerprint density at radius 3 is 1.21 bits per heavy atom. The molecule has 0 unspecified atom stereocenters. The zero-order chi connectivity index (χ0) is 17.4. The van der Waals surface area contributed by atoms with Crippen molar-refractivity contribution in [3.8, 4) is 0 Å². The van der Waals surface area contributed by atoms with Crippen molar-refractivity contribution in [2.75, 3.05) is 36.0 Å². The third-order valence-corrected chi connectivity index (χ3v) is 4.01. The first-order chi connectivity index (χ1) is 11.6. The molecule has 0 fully saturated rings. The minimum Gasteiger partial charge on any atom is -0.370 e. The summed E-state index contributed by atoms with van der Waals surface area (Å²) in [6.07, 6.45) is 2.06. The SMILES string of the molecule is CCCN(CCN(CCC)c1ccc(F)cc1)c1ccc(F)cc1. The van der Waals surface area contributed by atoms with Gasteiger partial charge in [0.25, 0.3) is 0 Å². The number of halogens is 2. The van der Waals surface area contributed by atoms with Gasteiger partial charge in [-0.3, -0.25) is 0 Å². The molecule has 0 aliphatic heterocycles. The summed E-state index contributed by atoms with van der Waals surface area (Å²) in [4.78, 5) is 4.54. The van der Waals surface area contributed by atoms with E-state index in [9.17, 15) is 8.78 Å². The Bertz CT molecular complexity index is 541. The average Bonchev–Trinajstić information content (AvgIpc) is 2.59. The van der Waals surface area contributed by atoms with Gasteiger partial charge in [0.15, 0.2) is 0 Å². The maximum atomic E-state index is 13.1. The number of anilines is 2. The minimum atomic E-state index is -0.214. The van der Waals surface area contributed by atoms with Gasteiger partial charge in [-0.15, -0.1) is 0 Å². The molecular weight excluding hydrogens is 306 g/mol. The lowest BCUT2D eigenvalue weighted by molar-refractivity contribution is 0.625. The quantitative estimate of drug-likeness (QED) is 0.630. The Morgan fingerprint density at radius 1 is 0.583 bits per heavy atom. The van der Waals surface area contributed by atoms with Crippen LogP contribution in [0.5, 0.6) is 0 Å². The molecule has 0 saturated carbocycles. The van der Waals surface area contributed by atoms with Gasteiger partial charge < -0.3 is 9.80 Å². The molecule has 0 aliphatic carbocycles. The molecule has 0 aromatic heterocycles. The summed E-state index contributed by atoms with van der Waals surface area (Å²) in [5.41, 5.74) is 2.07. The molecule has 4 heteroatoms. The molecule has 2 aromatic rings. The molecule has 0 bridgehead atoms. The number of rotatable bonds is 9. The fourth-order valence-electron chi connectivity index (χ4n) is 2.83. The zero-order valence-electron chi connectivity index (χ0n) is 14.5. The molecule has 0 atom stereocenters. The fourth-order valence-corrected chi connectivity index (χ4v) is 2.83. The van der Waals surface area contributed by atoms with Gasteiger partial charge in [-0.1, -0.05) is 13.8 Å². The van der Waals surface area contributed by atoms with Crippen molar-refractivity contribution in [2.24, 2.45) is 0 Å². The highest BCUT2D eigenvalue weighted by atomic mass is 19.1. The molecule has 2 aromatic carbocycles. The van der Waals surface area contributed by atoms with Crippen LogP contribution in [0.3, 0.4) is 0 Å². The molecule has 0 spiro atoms. The van der Waals surface area contributed by atoms with Gasteiger partial charge >= 0.3 is 0 Å². The first-order valence-electron chi connectivity index (χ1n) is 8.65. The second-order valence-corrected chi connectivity index (χ2v) is 5.93. The largest absolute Gasteiger partial charge is 0.370 e. The lowest BCUT2D eigenvalue weighted by Crippen LogP contribution is -2.36. The van der Waals surface area contributed by atoms with Gasteiger partial charge in [0.05, 0.1) is 0 Å². The summed E-state index contributed by atoms with van der Waals surface area (Å²) >= 11 is 0. The van der Waals surface area contributed by atoms with Gasteiger partial charge in [-0.25, -0.2) is 8.78 Å². The van der Waals surface area contributed by atoms with Crippen molar-refractivity contribution in [1.29, 1.82) is 0 Å². The normalized spacial score (nSPS) is 10.7. The first-order valence-corrected chi connectivity index (χ1v) is 8.65. The van der Waals surface area contributed by atoms with Crippen LogP contribution in [-0.2, 0) is 0 Å². The third kappa shape index (κ3) is 5.22. The van der Waals surface area contributed by atoms with Crippen LogP contribution in [0.4, 0.5) is 20.2 Å². The smallest absolute Gasteiger partial charge is 0.123 e. The van der Waals surface area contributed by atoms with E-state index in [-0.39, 0.29) is 11.6 Å². The summed E-state index contributed by atoms with van der Waals surface area (Å²) in [6.45, 7) is 7.82. The molecule has 130 valence electrons. The number of hydrogen-bond donors (Lipinski definition) is 0. The van der Waals surface area contributed by atoms with Crippen molar-refractivity contribution in [2.45, 2.75) is 26.7 Å². The Balaban J connectivity index is 2.06. The van der Waals surface area contributed by atoms with Crippen molar-refractivity contribution >= 4 is 11.4 Å². The summed E-state index contributed by atoms with van der Waals surface area (Å²) in [5.74, 6) is -0.428. The monoisotopic (exact) mass is 332 g/mol. The lowest BCUT2D eigenvalue weighted by atomic mass is 10.2. The molecule has 2 rings (SSSR count). The van der Waals surface area contributed by atoms with Gasteiger partial charge in [-0.2, -0.15) is 0 Å². The van der Waals surface area contributed by atoms with E-state index in [1.807, 2.05) is 24.3 Å². The maximum Gasteiger partial charge on any atom is 0.123 e. The maximum absolute atomic E-state index is 13.1. The molecule has 0 aliphatic rings. The van der Waals surface area contributed by atoms with E-state index in [0.717, 1.165) is 50.4 Å². The summed E-state index contributed by atoms with van der Waals surface area (Å²) in [7, 11) is 0. The van der Waals surface area contributed by atoms with E-state index in [0.29, 0.717) is 0 Å². The van der Waals surface area contributed by atoms with E-state index >= 15 is 0 Å². The first kappa shape index (κ1) is 18.2. The molecule has 0 saturated heterocycles. The Kier molecular flexibility index (Phi) is 7.04. The number of benzene rings is 2. The molecule has 24 heavy (non-hydrogen) atoms. The summed E-state index contributed by atoms with van der Waals surface area (Å²) < 4.78 is 26.3. The summed E-state index contributed by atoms with van der Waals surface area (Å²) in [5, 5.41) is 0. The number of hydrogen-bond acceptors (Lipinski definition) is 2. The van der Waals surface area contributed by atoms with E-state index in [1.54, 1.807) is 0 Å². The third-order valence-electron chi connectivity index (χ3n) is 4.01. The Morgan fingerprint density at radius 2 is 0.917 bits per heavy atom. The van der Waals surface area contributed by atoms with Gasteiger partial charge in [0.2, 0.25) is 0 Å². The Labute approximate surface area is 143 Å². The standard InChI is InChI=1S/C20H26F2N2/c1-3-13-23(19-9-5-17(21)6-10-19)15-16-24(14-4-2)20-11-7-18(22)8-12-20/h5-12H,3-4,13-16H2,1-2H3.